The maximum absolute atomic E-state index is 3.72. The molecule has 0 atom stereocenters. The van der Waals surface area contributed by atoms with Crippen LogP contribution in [0.25, 0.3) is 0 Å². The smallest absolute Gasteiger partial charge is 0.0451 e. The average molecular weight is 124 g/mol. The fourth-order valence-electron chi connectivity index (χ4n) is 0.253. The lowest BCUT2D eigenvalue weighted by Crippen LogP contribution is -1.66. The lowest BCUT2D eigenvalue weighted by atomic mass is 10.6. The van der Waals surface area contributed by atoms with Gasteiger partial charge in [-0.3, -0.25) is 9.97 Å². The molecule has 0 N–H and O–H groups in total. The zero-order chi connectivity index (χ0) is 6.95. The van der Waals surface area contributed by atoms with Gasteiger partial charge in [-0.1, -0.05) is 20.3 Å². The zero-order valence-corrected chi connectivity index (χ0v) is 5.91. The molecule has 0 unspecified atom stereocenters. The highest BCUT2D eigenvalue weighted by molar-refractivity contribution is 4.70. The van der Waals surface area contributed by atoms with Gasteiger partial charge >= 0.3 is 0 Å². The Labute approximate surface area is 56.0 Å². The highest BCUT2D eigenvalue weighted by Crippen LogP contribution is 1.65. The molecule has 50 valence electrons. The van der Waals surface area contributed by atoms with Gasteiger partial charge in [-0.15, -0.1) is 0 Å². The van der Waals surface area contributed by atoms with E-state index in [1.807, 2.05) is 0 Å². The molecule has 0 saturated heterocycles. The fourth-order valence-corrected chi connectivity index (χ4v) is 0.253. The third-order valence-electron chi connectivity index (χ3n) is 0.478. The Balaban J connectivity index is 0.000000187. The zero-order valence-electron chi connectivity index (χ0n) is 5.91. The number of nitrogens with zero attached hydrogens (tertiary/aromatic N) is 2. The quantitative estimate of drug-likeness (QED) is 0.527. The second-order valence-corrected chi connectivity index (χ2v) is 1.60. The van der Waals surface area contributed by atoms with Crippen molar-refractivity contribution in [2.45, 2.75) is 20.3 Å². The normalized spacial score (nSPS) is 7.33. The average Bonchev–Trinajstić information content (AvgIpc) is 1.93. The summed E-state index contributed by atoms with van der Waals surface area (Å²) >= 11 is 0. The molecule has 0 aromatic carbocycles. The van der Waals surface area contributed by atoms with Crippen LogP contribution >= 0.6 is 0 Å². The van der Waals surface area contributed by atoms with Gasteiger partial charge in [-0.2, -0.15) is 0 Å². The van der Waals surface area contributed by atoms with Gasteiger partial charge in [-0.25, -0.2) is 0 Å². The molecule has 0 bridgehead atoms. The third-order valence-corrected chi connectivity index (χ3v) is 0.478. The topological polar surface area (TPSA) is 25.8 Å². The van der Waals surface area contributed by atoms with Crippen LogP contribution in [-0.2, 0) is 0 Å². The summed E-state index contributed by atoms with van der Waals surface area (Å²) in [6.07, 6.45) is 7.81. The van der Waals surface area contributed by atoms with Gasteiger partial charge in [0.25, 0.3) is 0 Å². The van der Waals surface area contributed by atoms with E-state index in [-0.39, 0.29) is 0 Å². The monoisotopic (exact) mass is 124 g/mol. The fraction of sp³-hybridized carbons (Fsp3) is 0.429. The highest BCUT2D eigenvalue weighted by atomic mass is 14.7. The first-order valence-corrected chi connectivity index (χ1v) is 3.11. The molecule has 0 spiro atoms. The molecule has 0 aliphatic carbocycles. The number of rotatable bonds is 0. The van der Waals surface area contributed by atoms with Crippen molar-refractivity contribution in [1.82, 2.24) is 9.97 Å². The van der Waals surface area contributed by atoms with Crippen molar-refractivity contribution in [1.29, 1.82) is 0 Å². The first kappa shape index (κ1) is 8.08. The van der Waals surface area contributed by atoms with Gasteiger partial charge in [0.2, 0.25) is 0 Å². The number of aromatic nitrogens is 2. The predicted octanol–water partition coefficient (Wildman–Crippen LogP) is 1.89. The van der Waals surface area contributed by atoms with Gasteiger partial charge in [0.05, 0.1) is 0 Å². The van der Waals surface area contributed by atoms with Crippen LogP contribution in [0.4, 0.5) is 0 Å². The number of hydrogen-bond donors (Lipinski definition) is 0. The minimum absolute atomic E-state index is 1.25. The summed E-state index contributed by atoms with van der Waals surface area (Å²) in [5, 5.41) is 0. The Bertz CT molecular complexity index is 89.8. The van der Waals surface area contributed by atoms with Crippen LogP contribution in [0.15, 0.2) is 24.8 Å². The van der Waals surface area contributed by atoms with E-state index in [9.17, 15) is 0 Å². The first-order chi connectivity index (χ1) is 4.41. The second-order valence-electron chi connectivity index (χ2n) is 1.60. The Morgan fingerprint density at radius 2 is 1.11 bits per heavy atom. The van der Waals surface area contributed by atoms with Crippen molar-refractivity contribution in [3.63, 3.8) is 0 Å². The molecule has 0 saturated carbocycles. The summed E-state index contributed by atoms with van der Waals surface area (Å²) in [6.45, 7) is 4.25. The molecule has 1 heterocycles. The van der Waals surface area contributed by atoms with Crippen LogP contribution in [0.5, 0.6) is 0 Å². The van der Waals surface area contributed by atoms with Crippen molar-refractivity contribution in [3.8, 4) is 0 Å². The van der Waals surface area contributed by atoms with Crippen molar-refractivity contribution < 1.29 is 0 Å². The van der Waals surface area contributed by atoms with E-state index in [4.69, 9.17) is 0 Å². The van der Waals surface area contributed by atoms with Crippen LogP contribution in [-0.4, -0.2) is 9.97 Å². The molecule has 0 radical (unpaired) electrons. The van der Waals surface area contributed by atoms with E-state index in [2.05, 4.69) is 23.8 Å². The lowest BCUT2D eigenvalue weighted by Gasteiger charge is -1.70. The molecular formula is C7H12N2. The van der Waals surface area contributed by atoms with Crippen molar-refractivity contribution in [2.75, 3.05) is 0 Å². The van der Waals surface area contributed by atoms with Crippen molar-refractivity contribution >= 4 is 0 Å². The minimum Gasteiger partial charge on any atom is -0.262 e. The van der Waals surface area contributed by atoms with Crippen molar-refractivity contribution in [3.05, 3.63) is 24.8 Å². The van der Waals surface area contributed by atoms with Gasteiger partial charge in [0.1, 0.15) is 0 Å². The molecular weight excluding hydrogens is 112 g/mol. The summed E-state index contributed by atoms with van der Waals surface area (Å²) in [5.74, 6) is 0. The van der Waals surface area contributed by atoms with Crippen molar-refractivity contribution in [2.24, 2.45) is 0 Å². The molecule has 2 heteroatoms. The summed E-state index contributed by atoms with van der Waals surface area (Å²) in [5.41, 5.74) is 0. The molecule has 0 amide bonds. The van der Waals surface area contributed by atoms with E-state index in [0.29, 0.717) is 0 Å². The standard InChI is InChI=1S/C4H4N2.C3H8/c1-2-6-4-3-5-1;1-3-2/h1-4H;3H2,1-2H3. The molecule has 0 fully saturated rings. The van der Waals surface area contributed by atoms with Gasteiger partial charge in [0, 0.05) is 24.8 Å². The molecule has 1 aromatic rings. The molecule has 0 aliphatic heterocycles. The van der Waals surface area contributed by atoms with Crippen LogP contribution in [0.2, 0.25) is 0 Å². The van der Waals surface area contributed by atoms with Crippen LogP contribution in [0.3, 0.4) is 0 Å². The Morgan fingerprint density at radius 3 is 1.22 bits per heavy atom. The van der Waals surface area contributed by atoms with Gasteiger partial charge < -0.3 is 0 Å². The summed E-state index contributed by atoms with van der Waals surface area (Å²) < 4.78 is 0. The van der Waals surface area contributed by atoms with Gasteiger partial charge in [0.15, 0.2) is 0 Å². The molecule has 2 nitrogen and oxygen atoms in total. The van der Waals surface area contributed by atoms with E-state index >= 15 is 0 Å². The Kier molecular flexibility index (Phi) is 6.36. The summed E-state index contributed by atoms with van der Waals surface area (Å²) in [6, 6.07) is 0. The van der Waals surface area contributed by atoms with Crippen LogP contribution in [0, 0.1) is 0 Å². The molecule has 1 rings (SSSR count). The Hall–Kier alpha value is -0.920. The molecule has 9 heavy (non-hydrogen) atoms. The Morgan fingerprint density at radius 1 is 0.889 bits per heavy atom. The third kappa shape index (κ3) is 7.08. The number of hydrogen-bond acceptors (Lipinski definition) is 2. The second kappa shape index (κ2) is 7.08. The maximum Gasteiger partial charge on any atom is 0.0451 e. The van der Waals surface area contributed by atoms with Crippen LogP contribution in [0.1, 0.15) is 20.3 Å². The molecule has 0 aliphatic rings. The highest BCUT2D eigenvalue weighted by Gasteiger charge is 1.59. The lowest BCUT2D eigenvalue weighted by molar-refractivity contribution is 1.09. The van der Waals surface area contributed by atoms with E-state index in [0.717, 1.165) is 0 Å². The van der Waals surface area contributed by atoms with Gasteiger partial charge in [-0.05, 0) is 0 Å². The SMILES string of the molecule is CCC.c1cnccn1. The van der Waals surface area contributed by atoms with E-state index in [1.165, 1.54) is 6.42 Å². The minimum atomic E-state index is 1.25. The summed E-state index contributed by atoms with van der Waals surface area (Å²) in [7, 11) is 0. The van der Waals surface area contributed by atoms with E-state index in [1.54, 1.807) is 24.8 Å². The summed E-state index contributed by atoms with van der Waals surface area (Å²) in [4.78, 5) is 7.44. The first-order valence-electron chi connectivity index (χ1n) is 3.11. The van der Waals surface area contributed by atoms with Crippen LogP contribution < -0.4 is 0 Å². The predicted molar refractivity (Wildman–Crippen MR) is 38.0 cm³/mol. The maximum atomic E-state index is 3.72. The van der Waals surface area contributed by atoms with E-state index < -0.39 is 0 Å². The largest absolute Gasteiger partial charge is 0.262 e. The molecule has 1 aromatic heterocycles.